The van der Waals surface area contributed by atoms with Gasteiger partial charge < -0.3 is 10.6 Å². The Morgan fingerprint density at radius 3 is 2.41 bits per heavy atom. The minimum atomic E-state index is -0.361. The largest absolute Gasteiger partial charge is 0.369 e. The van der Waals surface area contributed by atoms with Crippen molar-refractivity contribution in [2.75, 3.05) is 37.6 Å². The van der Waals surface area contributed by atoms with Crippen LogP contribution < -0.4 is 16.0 Å². The Bertz CT molecular complexity index is 1010. The molecule has 2 saturated heterocycles. The van der Waals surface area contributed by atoms with Gasteiger partial charge in [-0.05, 0) is 56.2 Å². The average molecular weight is 511 g/mol. The van der Waals surface area contributed by atoms with Crippen molar-refractivity contribution in [3.8, 4) is 0 Å². The fraction of sp³-hybridized carbons (Fsp3) is 0.625. The Morgan fingerprint density at radius 2 is 1.74 bits per heavy atom. The molecule has 0 bridgehead atoms. The molecular weight excluding hydrogens is 475 g/mol. The Kier molecular flexibility index (Phi) is 8.84. The first-order chi connectivity index (χ1) is 15.5. The van der Waals surface area contributed by atoms with E-state index in [4.69, 9.17) is 5.73 Å². The molecule has 1 aromatic heterocycles. The monoisotopic (exact) mass is 510 g/mol. The molecule has 1 aliphatic carbocycles. The van der Waals surface area contributed by atoms with Crippen molar-refractivity contribution in [2.24, 2.45) is 18.7 Å². The number of hydrogen-bond acceptors (Lipinski definition) is 6. The molecule has 0 spiro atoms. The smallest absolute Gasteiger partial charge is 0.235 e. The molecule has 1 saturated carbocycles. The molecule has 34 heavy (non-hydrogen) atoms. The Labute approximate surface area is 213 Å². The maximum absolute atomic E-state index is 12.4. The number of piperidine rings is 1. The number of fused-ring (bicyclic) bond motifs is 1. The minimum absolute atomic E-state index is 0. The van der Waals surface area contributed by atoms with E-state index < -0.39 is 0 Å². The third-order valence-corrected chi connectivity index (χ3v) is 7.58. The van der Waals surface area contributed by atoms with Gasteiger partial charge in [-0.15, -0.1) is 24.8 Å². The summed E-state index contributed by atoms with van der Waals surface area (Å²) in [6.07, 6.45) is 5.78. The maximum atomic E-state index is 12.4. The van der Waals surface area contributed by atoms with E-state index >= 15 is 0 Å². The first-order valence-electron chi connectivity index (χ1n) is 12.0. The van der Waals surface area contributed by atoms with Gasteiger partial charge in [-0.25, -0.2) is 0 Å². The molecule has 1 unspecified atom stereocenters. The number of piperazine rings is 1. The van der Waals surface area contributed by atoms with Crippen molar-refractivity contribution >= 4 is 53.2 Å². The second kappa shape index (κ2) is 11.2. The fourth-order valence-corrected chi connectivity index (χ4v) is 5.61. The van der Waals surface area contributed by atoms with Crippen molar-refractivity contribution in [3.05, 3.63) is 23.9 Å². The highest BCUT2D eigenvalue weighted by molar-refractivity contribution is 6.02. The van der Waals surface area contributed by atoms with Gasteiger partial charge in [-0.1, -0.05) is 0 Å². The number of benzene rings is 1. The molecule has 2 amide bonds. The highest BCUT2D eigenvalue weighted by atomic mass is 35.5. The van der Waals surface area contributed by atoms with Crippen molar-refractivity contribution < 1.29 is 9.59 Å². The summed E-state index contributed by atoms with van der Waals surface area (Å²) in [5.41, 5.74) is 9.07. The number of nitrogens with zero attached hydrogens (tertiary/aromatic N) is 4. The van der Waals surface area contributed by atoms with E-state index in [-0.39, 0.29) is 42.5 Å². The third kappa shape index (κ3) is 5.51. The van der Waals surface area contributed by atoms with Crippen LogP contribution in [0.5, 0.6) is 0 Å². The van der Waals surface area contributed by atoms with Crippen LogP contribution in [-0.2, 0) is 16.6 Å². The van der Waals surface area contributed by atoms with E-state index in [0.717, 1.165) is 48.7 Å². The van der Waals surface area contributed by atoms with E-state index in [0.29, 0.717) is 18.9 Å². The number of anilines is 1. The number of halogens is 2. The molecule has 1 aromatic carbocycles. The van der Waals surface area contributed by atoms with Gasteiger partial charge in [0.1, 0.15) is 0 Å². The third-order valence-electron chi connectivity index (χ3n) is 7.58. The summed E-state index contributed by atoms with van der Waals surface area (Å²) in [6.45, 7) is 5.43. The standard InChI is InChI=1S/C24H34N6O2.2ClH/c1-28-21-14-18(6-7-19(21)23(27-28)20-8-9-22(31)26-24(20)32)30-12-10-29(11-13-30)15-16-2-4-17(25)5-3-16;;/h6-7,14,16-17,20H,2-5,8-13,15,25H2,1H3,(H,26,31,32);2*1H. The first kappa shape index (κ1) is 26.7. The number of nitrogens with two attached hydrogens (primary N) is 1. The molecule has 188 valence electrons. The van der Waals surface area contributed by atoms with E-state index in [1.165, 1.54) is 37.9 Å². The summed E-state index contributed by atoms with van der Waals surface area (Å²) in [5.74, 6) is 0.0133. The summed E-state index contributed by atoms with van der Waals surface area (Å²) in [6, 6.07) is 6.85. The molecule has 3 heterocycles. The highest BCUT2D eigenvalue weighted by Gasteiger charge is 2.32. The lowest BCUT2D eigenvalue weighted by Gasteiger charge is -2.38. The van der Waals surface area contributed by atoms with Crippen molar-refractivity contribution in [3.63, 3.8) is 0 Å². The van der Waals surface area contributed by atoms with E-state index in [9.17, 15) is 9.59 Å². The molecule has 2 aromatic rings. The maximum Gasteiger partial charge on any atom is 0.235 e. The summed E-state index contributed by atoms with van der Waals surface area (Å²) >= 11 is 0. The number of nitrogens with one attached hydrogen (secondary N) is 1. The molecule has 3 fully saturated rings. The number of carbonyl (C=O) groups excluding carboxylic acids is 2. The van der Waals surface area contributed by atoms with Crippen LogP contribution in [0, 0.1) is 5.92 Å². The molecule has 2 aliphatic heterocycles. The number of hydrogen-bond donors (Lipinski definition) is 2. The zero-order valence-corrected chi connectivity index (χ0v) is 21.4. The highest BCUT2D eigenvalue weighted by Crippen LogP contribution is 2.32. The topological polar surface area (TPSA) is 96.5 Å². The number of imide groups is 1. The van der Waals surface area contributed by atoms with Gasteiger partial charge in [0, 0.05) is 63.3 Å². The van der Waals surface area contributed by atoms with Crippen molar-refractivity contribution in [1.82, 2.24) is 20.0 Å². The zero-order valence-electron chi connectivity index (χ0n) is 19.7. The normalized spacial score (nSPS) is 26.1. The lowest BCUT2D eigenvalue weighted by atomic mass is 9.86. The lowest BCUT2D eigenvalue weighted by molar-refractivity contribution is -0.134. The number of amides is 2. The molecule has 3 N–H and O–H groups in total. The number of carbonyl (C=O) groups is 2. The SMILES string of the molecule is Cl.Cl.Cn1nc(C2CCC(=O)NC2=O)c2ccc(N3CCN(CC4CCC(N)CC4)CC3)cc21. The summed E-state index contributed by atoms with van der Waals surface area (Å²) in [5, 5.41) is 8.12. The van der Waals surface area contributed by atoms with Gasteiger partial charge in [0.25, 0.3) is 0 Å². The quantitative estimate of drug-likeness (QED) is 0.613. The Morgan fingerprint density at radius 1 is 1.03 bits per heavy atom. The lowest BCUT2D eigenvalue weighted by Crippen LogP contribution is -2.48. The van der Waals surface area contributed by atoms with Crippen LogP contribution in [-0.4, -0.2) is 65.3 Å². The molecule has 5 rings (SSSR count). The number of aromatic nitrogens is 2. The van der Waals surface area contributed by atoms with Gasteiger partial charge in [-0.2, -0.15) is 5.10 Å². The predicted molar refractivity (Wildman–Crippen MR) is 139 cm³/mol. The van der Waals surface area contributed by atoms with Gasteiger partial charge >= 0.3 is 0 Å². The summed E-state index contributed by atoms with van der Waals surface area (Å²) < 4.78 is 1.86. The van der Waals surface area contributed by atoms with Gasteiger partial charge in [0.05, 0.1) is 17.1 Å². The average Bonchev–Trinajstić information content (AvgIpc) is 3.11. The second-order valence-electron chi connectivity index (χ2n) is 9.78. The molecule has 10 heteroatoms. The number of aryl methyl sites for hydroxylation is 1. The van der Waals surface area contributed by atoms with Crippen molar-refractivity contribution in [1.29, 1.82) is 0 Å². The zero-order chi connectivity index (χ0) is 22.2. The Balaban J connectivity index is 0.00000162. The molecular formula is C24H36Cl2N6O2. The molecule has 3 aliphatic rings. The van der Waals surface area contributed by atoms with Crippen LogP contribution in [0.1, 0.15) is 50.1 Å². The molecule has 8 nitrogen and oxygen atoms in total. The van der Waals surface area contributed by atoms with Crippen molar-refractivity contribution in [2.45, 2.75) is 50.5 Å². The van der Waals surface area contributed by atoms with Crippen LogP contribution in [0.2, 0.25) is 0 Å². The van der Waals surface area contributed by atoms with E-state index in [1.54, 1.807) is 0 Å². The van der Waals surface area contributed by atoms with Crippen LogP contribution in [0.3, 0.4) is 0 Å². The van der Waals surface area contributed by atoms with Crippen LogP contribution in [0.4, 0.5) is 5.69 Å². The van der Waals surface area contributed by atoms with Crippen LogP contribution in [0.15, 0.2) is 18.2 Å². The van der Waals surface area contributed by atoms with Crippen LogP contribution >= 0.6 is 24.8 Å². The predicted octanol–water partition coefficient (Wildman–Crippen LogP) is 2.58. The van der Waals surface area contributed by atoms with Crippen LogP contribution in [0.25, 0.3) is 10.9 Å². The van der Waals surface area contributed by atoms with Gasteiger partial charge in [0.2, 0.25) is 11.8 Å². The van der Waals surface area contributed by atoms with Gasteiger partial charge in [0.15, 0.2) is 0 Å². The summed E-state index contributed by atoms with van der Waals surface area (Å²) in [4.78, 5) is 28.9. The Hall–Kier alpha value is -1.87. The van der Waals surface area contributed by atoms with E-state index in [1.807, 2.05) is 11.7 Å². The van der Waals surface area contributed by atoms with Gasteiger partial charge in [-0.3, -0.25) is 24.5 Å². The molecule has 1 atom stereocenters. The molecule has 0 radical (unpaired) electrons. The number of rotatable bonds is 4. The first-order valence-corrected chi connectivity index (χ1v) is 12.0. The second-order valence-corrected chi connectivity index (χ2v) is 9.78. The summed E-state index contributed by atoms with van der Waals surface area (Å²) in [7, 11) is 1.93. The fourth-order valence-electron chi connectivity index (χ4n) is 5.61. The van der Waals surface area contributed by atoms with E-state index in [2.05, 4.69) is 38.4 Å². The minimum Gasteiger partial charge on any atom is -0.369 e.